The molecule has 0 unspecified atom stereocenters. The topological polar surface area (TPSA) is 56.9 Å². The van der Waals surface area contributed by atoms with Crippen molar-refractivity contribution in [3.05, 3.63) is 23.4 Å². The van der Waals surface area contributed by atoms with E-state index in [0.29, 0.717) is 16.3 Å². The van der Waals surface area contributed by atoms with Crippen LogP contribution in [0, 0.1) is 11.3 Å². The first-order valence-electron chi connectivity index (χ1n) is 3.36. The fourth-order valence-corrected chi connectivity index (χ4v) is 1.35. The Morgan fingerprint density at radius 3 is 2.92 bits per heavy atom. The van der Waals surface area contributed by atoms with Crippen molar-refractivity contribution in [2.75, 3.05) is 6.26 Å². The number of aromatic nitrogens is 1. The SMILES string of the molecule is CSc1nc(CO)ccc1C#N. The number of hydrogen-bond donors (Lipinski definition) is 1. The van der Waals surface area contributed by atoms with Gasteiger partial charge in [0.2, 0.25) is 0 Å². The zero-order valence-corrected chi connectivity index (χ0v) is 7.43. The van der Waals surface area contributed by atoms with Gasteiger partial charge in [0, 0.05) is 0 Å². The van der Waals surface area contributed by atoms with Gasteiger partial charge in [-0.3, -0.25) is 0 Å². The number of aliphatic hydroxyl groups is 1. The average molecular weight is 180 g/mol. The fraction of sp³-hybridized carbons (Fsp3) is 0.250. The molecule has 0 aliphatic carbocycles. The van der Waals surface area contributed by atoms with E-state index in [1.165, 1.54) is 11.8 Å². The van der Waals surface area contributed by atoms with Gasteiger partial charge in [-0.25, -0.2) is 4.98 Å². The molecular weight excluding hydrogens is 172 g/mol. The highest BCUT2D eigenvalue weighted by Gasteiger charge is 2.02. The predicted octanol–water partition coefficient (Wildman–Crippen LogP) is 1.17. The van der Waals surface area contributed by atoms with Crippen LogP contribution in [-0.2, 0) is 6.61 Å². The first-order valence-corrected chi connectivity index (χ1v) is 4.59. The van der Waals surface area contributed by atoms with E-state index in [2.05, 4.69) is 4.98 Å². The molecule has 0 atom stereocenters. The Balaban J connectivity index is 3.13. The number of nitriles is 1. The smallest absolute Gasteiger partial charge is 0.114 e. The standard InChI is InChI=1S/C8H8N2OS/c1-12-8-6(4-9)2-3-7(5-11)10-8/h2-3,11H,5H2,1H3. The summed E-state index contributed by atoms with van der Waals surface area (Å²) >= 11 is 1.40. The summed E-state index contributed by atoms with van der Waals surface area (Å²) < 4.78 is 0. The van der Waals surface area contributed by atoms with Crippen LogP contribution >= 0.6 is 11.8 Å². The van der Waals surface area contributed by atoms with E-state index < -0.39 is 0 Å². The predicted molar refractivity (Wildman–Crippen MR) is 46.7 cm³/mol. The van der Waals surface area contributed by atoms with Gasteiger partial charge in [-0.2, -0.15) is 5.26 Å². The summed E-state index contributed by atoms with van der Waals surface area (Å²) in [7, 11) is 0. The van der Waals surface area contributed by atoms with Crippen LogP contribution in [0.3, 0.4) is 0 Å². The highest BCUT2D eigenvalue weighted by molar-refractivity contribution is 7.98. The number of pyridine rings is 1. The van der Waals surface area contributed by atoms with E-state index in [-0.39, 0.29) is 6.61 Å². The van der Waals surface area contributed by atoms with E-state index in [4.69, 9.17) is 10.4 Å². The highest BCUT2D eigenvalue weighted by atomic mass is 32.2. The second-order valence-electron chi connectivity index (χ2n) is 2.13. The van der Waals surface area contributed by atoms with Crippen LogP contribution in [0.4, 0.5) is 0 Å². The third-order valence-corrected chi connectivity index (χ3v) is 2.09. The summed E-state index contributed by atoms with van der Waals surface area (Å²) in [6, 6.07) is 5.35. The molecule has 0 aliphatic rings. The first-order chi connectivity index (χ1) is 5.81. The molecule has 0 spiro atoms. The number of hydrogen-bond acceptors (Lipinski definition) is 4. The van der Waals surface area contributed by atoms with E-state index in [1.54, 1.807) is 12.1 Å². The Labute approximate surface area is 75.1 Å². The summed E-state index contributed by atoms with van der Waals surface area (Å²) in [5.41, 5.74) is 1.15. The summed E-state index contributed by atoms with van der Waals surface area (Å²) in [6.07, 6.45) is 1.85. The fourth-order valence-electron chi connectivity index (χ4n) is 0.807. The quantitative estimate of drug-likeness (QED) is 0.694. The first kappa shape index (κ1) is 9.04. The molecule has 3 nitrogen and oxygen atoms in total. The molecule has 0 aliphatic heterocycles. The Morgan fingerprint density at radius 2 is 2.42 bits per heavy atom. The van der Waals surface area contributed by atoms with Gasteiger partial charge in [-0.15, -0.1) is 11.8 Å². The summed E-state index contributed by atoms with van der Waals surface area (Å²) in [4.78, 5) is 4.07. The van der Waals surface area contributed by atoms with Crippen molar-refractivity contribution >= 4 is 11.8 Å². The third kappa shape index (κ3) is 1.76. The largest absolute Gasteiger partial charge is 0.390 e. The lowest BCUT2D eigenvalue weighted by atomic mass is 10.3. The third-order valence-electron chi connectivity index (χ3n) is 1.39. The molecule has 12 heavy (non-hydrogen) atoms. The van der Waals surface area contributed by atoms with Gasteiger partial charge in [0.25, 0.3) is 0 Å². The second kappa shape index (κ2) is 4.10. The monoisotopic (exact) mass is 180 g/mol. The van der Waals surface area contributed by atoms with Crippen molar-refractivity contribution < 1.29 is 5.11 Å². The molecule has 0 amide bonds. The molecule has 1 heterocycles. The van der Waals surface area contributed by atoms with Crippen LogP contribution in [0.5, 0.6) is 0 Å². The Hall–Kier alpha value is -1.05. The van der Waals surface area contributed by atoms with Gasteiger partial charge in [-0.05, 0) is 18.4 Å². The number of nitrogens with zero attached hydrogens (tertiary/aromatic N) is 2. The minimum atomic E-state index is -0.0841. The molecule has 62 valence electrons. The number of rotatable bonds is 2. The maximum atomic E-state index is 8.77. The van der Waals surface area contributed by atoms with E-state index in [0.717, 1.165) is 0 Å². The van der Waals surface area contributed by atoms with Crippen molar-refractivity contribution in [3.63, 3.8) is 0 Å². The van der Waals surface area contributed by atoms with Gasteiger partial charge >= 0.3 is 0 Å². The van der Waals surface area contributed by atoms with Gasteiger partial charge < -0.3 is 5.11 Å². The van der Waals surface area contributed by atoms with Crippen LogP contribution in [0.1, 0.15) is 11.3 Å². The lowest BCUT2D eigenvalue weighted by molar-refractivity contribution is 0.276. The molecule has 0 aromatic carbocycles. The van der Waals surface area contributed by atoms with Crippen LogP contribution in [0.2, 0.25) is 0 Å². The van der Waals surface area contributed by atoms with Crippen molar-refractivity contribution in [1.29, 1.82) is 5.26 Å². The summed E-state index contributed by atoms with van der Waals surface area (Å²) in [5.74, 6) is 0. The minimum Gasteiger partial charge on any atom is -0.390 e. The van der Waals surface area contributed by atoms with Gasteiger partial charge in [-0.1, -0.05) is 0 Å². The second-order valence-corrected chi connectivity index (χ2v) is 2.92. The van der Waals surface area contributed by atoms with Gasteiger partial charge in [0.1, 0.15) is 11.1 Å². The maximum absolute atomic E-state index is 8.77. The van der Waals surface area contributed by atoms with E-state index >= 15 is 0 Å². The van der Waals surface area contributed by atoms with E-state index in [1.807, 2.05) is 12.3 Å². The summed E-state index contributed by atoms with van der Waals surface area (Å²) in [6.45, 7) is -0.0841. The summed E-state index contributed by atoms with van der Waals surface area (Å²) in [5, 5.41) is 18.1. The minimum absolute atomic E-state index is 0.0841. The molecule has 1 rings (SSSR count). The normalized spacial score (nSPS) is 9.42. The van der Waals surface area contributed by atoms with Crippen LogP contribution in [0.15, 0.2) is 17.2 Å². The Morgan fingerprint density at radius 1 is 1.67 bits per heavy atom. The van der Waals surface area contributed by atoms with Crippen LogP contribution in [0.25, 0.3) is 0 Å². The van der Waals surface area contributed by atoms with E-state index in [9.17, 15) is 0 Å². The van der Waals surface area contributed by atoms with Crippen molar-refractivity contribution in [3.8, 4) is 6.07 Å². The molecule has 0 bridgehead atoms. The van der Waals surface area contributed by atoms with Crippen molar-refractivity contribution in [1.82, 2.24) is 4.98 Å². The van der Waals surface area contributed by atoms with Crippen LogP contribution < -0.4 is 0 Å². The molecule has 0 saturated carbocycles. The lowest BCUT2D eigenvalue weighted by Crippen LogP contribution is -1.93. The van der Waals surface area contributed by atoms with Crippen molar-refractivity contribution in [2.45, 2.75) is 11.6 Å². The molecule has 1 aromatic heterocycles. The zero-order valence-electron chi connectivity index (χ0n) is 6.61. The molecule has 1 N–H and O–H groups in total. The number of aliphatic hydroxyl groups excluding tert-OH is 1. The Kier molecular flexibility index (Phi) is 3.09. The maximum Gasteiger partial charge on any atom is 0.114 e. The molecular formula is C8H8N2OS. The molecule has 0 saturated heterocycles. The van der Waals surface area contributed by atoms with Crippen LogP contribution in [-0.4, -0.2) is 16.3 Å². The zero-order chi connectivity index (χ0) is 8.97. The average Bonchev–Trinajstić information content (AvgIpc) is 2.16. The Bertz CT molecular complexity index is 319. The number of thioether (sulfide) groups is 1. The lowest BCUT2D eigenvalue weighted by Gasteiger charge is -2.00. The molecule has 1 aromatic rings. The molecule has 4 heteroatoms. The molecule has 0 fully saturated rings. The molecule has 0 radical (unpaired) electrons. The van der Waals surface area contributed by atoms with Crippen molar-refractivity contribution in [2.24, 2.45) is 0 Å². The van der Waals surface area contributed by atoms with Gasteiger partial charge in [0.05, 0.1) is 17.9 Å². The van der Waals surface area contributed by atoms with Gasteiger partial charge in [0.15, 0.2) is 0 Å². The highest BCUT2D eigenvalue weighted by Crippen LogP contribution is 2.17.